The average molecular weight is 379 g/mol. The van der Waals surface area contributed by atoms with Crippen molar-refractivity contribution in [2.45, 2.75) is 26.8 Å². The third-order valence-corrected chi connectivity index (χ3v) is 4.36. The Morgan fingerprint density at radius 3 is 2.50 bits per heavy atom. The topological polar surface area (TPSA) is 76.2 Å². The van der Waals surface area contributed by atoms with Gasteiger partial charge in [0.1, 0.15) is 0 Å². The van der Waals surface area contributed by atoms with Crippen LogP contribution in [0.25, 0.3) is 11.3 Å². The number of hydrogen-bond donors (Lipinski definition) is 2. The van der Waals surface area contributed by atoms with E-state index in [4.69, 9.17) is 9.47 Å². The molecule has 146 valence electrons. The first kappa shape index (κ1) is 19.5. The normalized spacial score (nSPS) is 11.7. The molecule has 1 amide bonds. The Labute approximate surface area is 164 Å². The van der Waals surface area contributed by atoms with Crippen molar-refractivity contribution in [1.82, 2.24) is 15.5 Å². The standard InChI is InChI=1S/C22H25N3O3/c1-4-27-19-12-11-17(13-20(19)28-5-2)15(3)24-22(26)18-14-23-25-21(18)16-9-7-6-8-10-16/h6-15H,4-5H2,1-3H3,(H,23,25)(H,24,26). The van der Waals surface area contributed by atoms with E-state index in [9.17, 15) is 4.79 Å². The van der Waals surface area contributed by atoms with Gasteiger partial charge in [0.25, 0.3) is 5.91 Å². The molecule has 6 heteroatoms. The third-order valence-electron chi connectivity index (χ3n) is 4.36. The molecule has 3 rings (SSSR count). The maximum absolute atomic E-state index is 12.8. The molecule has 0 aliphatic heterocycles. The Morgan fingerprint density at radius 1 is 1.07 bits per heavy atom. The van der Waals surface area contributed by atoms with Gasteiger partial charge >= 0.3 is 0 Å². The summed E-state index contributed by atoms with van der Waals surface area (Å²) in [6.45, 7) is 6.90. The maximum Gasteiger partial charge on any atom is 0.255 e. The van der Waals surface area contributed by atoms with E-state index >= 15 is 0 Å². The van der Waals surface area contributed by atoms with Gasteiger partial charge in [-0.05, 0) is 38.5 Å². The summed E-state index contributed by atoms with van der Waals surface area (Å²) in [4.78, 5) is 12.8. The molecule has 6 nitrogen and oxygen atoms in total. The molecule has 0 aliphatic rings. The lowest BCUT2D eigenvalue weighted by Gasteiger charge is -2.17. The Bertz CT molecular complexity index is 922. The van der Waals surface area contributed by atoms with Gasteiger partial charge in [-0.25, -0.2) is 0 Å². The summed E-state index contributed by atoms with van der Waals surface area (Å²) in [5, 5.41) is 10.00. The van der Waals surface area contributed by atoms with Crippen molar-refractivity contribution in [1.29, 1.82) is 0 Å². The van der Waals surface area contributed by atoms with Crippen molar-refractivity contribution < 1.29 is 14.3 Å². The lowest BCUT2D eigenvalue weighted by atomic mass is 10.1. The van der Waals surface area contributed by atoms with Crippen LogP contribution >= 0.6 is 0 Å². The third kappa shape index (κ3) is 4.34. The molecule has 0 bridgehead atoms. The summed E-state index contributed by atoms with van der Waals surface area (Å²) in [7, 11) is 0. The number of aromatic amines is 1. The van der Waals surface area contributed by atoms with Crippen LogP contribution in [0.2, 0.25) is 0 Å². The minimum atomic E-state index is -0.207. The summed E-state index contributed by atoms with van der Waals surface area (Å²) in [5.41, 5.74) is 3.06. The van der Waals surface area contributed by atoms with Crippen LogP contribution in [0, 0.1) is 0 Å². The number of H-pyrrole nitrogens is 1. The molecule has 0 spiro atoms. The van der Waals surface area contributed by atoms with Gasteiger partial charge in [0.2, 0.25) is 0 Å². The number of nitrogens with one attached hydrogen (secondary N) is 2. The number of benzene rings is 2. The van der Waals surface area contributed by atoms with Crippen LogP contribution in [0.5, 0.6) is 11.5 Å². The highest BCUT2D eigenvalue weighted by Gasteiger charge is 2.18. The first-order chi connectivity index (χ1) is 13.6. The molecule has 2 aromatic carbocycles. The van der Waals surface area contributed by atoms with Crippen LogP contribution in [0.1, 0.15) is 42.7 Å². The molecule has 28 heavy (non-hydrogen) atoms. The minimum absolute atomic E-state index is 0.188. The fraction of sp³-hybridized carbons (Fsp3) is 0.273. The Hall–Kier alpha value is -3.28. The van der Waals surface area contributed by atoms with Gasteiger partial charge in [0, 0.05) is 5.56 Å². The smallest absolute Gasteiger partial charge is 0.255 e. The van der Waals surface area contributed by atoms with E-state index in [1.807, 2.05) is 69.3 Å². The first-order valence-electron chi connectivity index (χ1n) is 9.43. The first-order valence-corrected chi connectivity index (χ1v) is 9.43. The monoisotopic (exact) mass is 379 g/mol. The number of rotatable bonds is 8. The molecule has 0 saturated carbocycles. The Kier molecular flexibility index (Phi) is 6.32. The second-order valence-electron chi connectivity index (χ2n) is 6.29. The number of carbonyl (C=O) groups excluding carboxylic acids is 1. The fourth-order valence-electron chi connectivity index (χ4n) is 2.98. The maximum atomic E-state index is 12.8. The van der Waals surface area contributed by atoms with E-state index in [0.717, 1.165) is 11.1 Å². The van der Waals surface area contributed by atoms with Crippen molar-refractivity contribution in [3.05, 3.63) is 65.9 Å². The zero-order chi connectivity index (χ0) is 19.9. The van der Waals surface area contributed by atoms with Crippen molar-refractivity contribution >= 4 is 5.91 Å². The SMILES string of the molecule is CCOc1ccc(C(C)NC(=O)c2cn[nH]c2-c2ccccc2)cc1OCC. The lowest BCUT2D eigenvalue weighted by molar-refractivity contribution is 0.0940. The molecule has 2 N–H and O–H groups in total. The van der Waals surface area contributed by atoms with E-state index in [0.29, 0.717) is 36.0 Å². The molecule has 0 saturated heterocycles. The highest BCUT2D eigenvalue weighted by atomic mass is 16.5. The van der Waals surface area contributed by atoms with Gasteiger partial charge in [-0.3, -0.25) is 9.89 Å². The number of carbonyl (C=O) groups is 1. The summed E-state index contributed by atoms with van der Waals surface area (Å²) in [6.07, 6.45) is 1.55. The molecule has 0 aliphatic carbocycles. The molecular weight excluding hydrogens is 354 g/mol. The van der Waals surface area contributed by atoms with Crippen LogP contribution in [0.3, 0.4) is 0 Å². The zero-order valence-corrected chi connectivity index (χ0v) is 16.4. The van der Waals surface area contributed by atoms with E-state index in [1.165, 1.54) is 0 Å². The van der Waals surface area contributed by atoms with Crippen LogP contribution in [0.15, 0.2) is 54.7 Å². The average Bonchev–Trinajstić information content (AvgIpc) is 3.20. The molecule has 0 fully saturated rings. The minimum Gasteiger partial charge on any atom is -0.490 e. The van der Waals surface area contributed by atoms with Gasteiger partial charge in [-0.15, -0.1) is 0 Å². The molecule has 3 aromatic rings. The van der Waals surface area contributed by atoms with Gasteiger partial charge in [0.05, 0.1) is 36.7 Å². The van der Waals surface area contributed by atoms with E-state index in [1.54, 1.807) is 6.20 Å². The second kappa shape index (κ2) is 9.08. The summed E-state index contributed by atoms with van der Waals surface area (Å²) in [6, 6.07) is 15.2. The predicted molar refractivity (Wildman–Crippen MR) is 109 cm³/mol. The van der Waals surface area contributed by atoms with E-state index in [2.05, 4.69) is 15.5 Å². The highest BCUT2D eigenvalue weighted by molar-refractivity contribution is 5.99. The van der Waals surface area contributed by atoms with Crippen LogP contribution in [-0.2, 0) is 0 Å². The number of nitrogens with zero attached hydrogens (tertiary/aromatic N) is 1. The second-order valence-corrected chi connectivity index (χ2v) is 6.29. The molecule has 1 aromatic heterocycles. The molecule has 0 radical (unpaired) electrons. The Morgan fingerprint density at radius 2 is 1.79 bits per heavy atom. The number of hydrogen-bond acceptors (Lipinski definition) is 4. The van der Waals surface area contributed by atoms with E-state index < -0.39 is 0 Å². The number of ether oxygens (including phenoxy) is 2. The fourth-order valence-corrected chi connectivity index (χ4v) is 2.98. The van der Waals surface area contributed by atoms with Crippen LogP contribution in [-0.4, -0.2) is 29.3 Å². The Balaban J connectivity index is 1.78. The van der Waals surface area contributed by atoms with E-state index in [-0.39, 0.29) is 11.9 Å². The van der Waals surface area contributed by atoms with Crippen LogP contribution < -0.4 is 14.8 Å². The van der Waals surface area contributed by atoms with Gasteiger partial charge in [0.15, 0.2) is 11.5 Å². The van der Waals surface area contributed by atoms with Gasteiger partial charge in [-0.1, -0.05) is 36.4 Å². The largest absolute Gasteiger partial charge is 0.490 e. The summed E-state index contributed by atoms with van der Waals surface area (Å²) < 4.78 is 11.3. The number of aromatic nitrogens is 2. The summed E-state index contributed by atoms with van der Waals surface area (Å²) in [5.74, 6) is 1.19. The van der Waals surface area contributed by atoms with Crippen molar-refractivity contribution in [3.8, 4) is 22.8 Å². The van der Waals surface area contributed by atoms with Crippen molar-refractivity contribution in [3.63, 3.8) is 0 Å². The van der Waals surface area contributed by atoms with Crippen molar-refractivity contribution in [2.24, 2.45) is 0 Å². The lowest BCUT2D eigenvalue weighted by Crippen LogP contribution is -2.26. The van der Waals surface area contributed by atoms with Crippen LogP contribution in [0.4, 0.5) is 0 Å². The molecule has 1 heterocycles. The van der Waals surface area contributed by atoms with Gasteiger partial charge < -0.3 is 14.8 Å². The number of amides is 1. The quantitative estimate of drug-likeness (QED) is 0.609. The predicted octanol–water partition coefficient (Wildman–Crippen LogP) is 4.37. The zero-order valence-electron chi connectivity index (χ0n) is 16.4. The molecule has 1 atom stereocenters. The van der Waals surface area contributed by atoms with Crippen molar-refractivity contribution in [2.75, 3.05) is 13.2 Å². The summed E-state index contributed by atoms with van der Waals surface area (Å²) >= 11 is 0. The molecular formula is C22H25N3O3. The highest BCUT2D eigenvalue weighted by Crippen LogP contribution is 2.31. The van der Waals surface area contributed by atoms with Gasteiger partial charge in [-0.2, -0.15) is 5.10 Å². The molecule has 1 unspecified atom stereocenters.